The van der Waals surface area contributed by atoms with Crippen molar-refractivity contribution >= 4 is 11.0 Å². The first-order valence-electron chi connectivity index (χ1n) is 7.53. The predicted molar refractivity (Wildman–Crippen MR) is 90.5 cm³/mol. The van der Waals surface area contributed by atoms with Crippen molar-refractivity contribution in [3.8, 4) is 17.1 Å². The van der Waals surface area contributed by atoms with Gasteiger partial charge in [-0.1, -0.05) is 18.2 Å². The van der Waals surface area contributed by atoms with Crippen molar-refractivity contribution in [3.63, 3.8) is 0 Å². The number of aryl methyl sites for hydroxylation is 3. The maximum absolute atomic E-state index is 4.43. The van der Waals surface area contributed by atoms with Gasteiger partial charge in [0.05, 0.1) is 23.0 Å². The Kier molecular flexibility index (Phi) is 3.01. The van der Waals surface area contributed by atoms with Crippen LogP contribution in [0.4, 0.5) is 0 Å². The number of hydrogen-bond donors (Lipinski definition) is 0. The lowest BCUT2D eigenvalue weighted by Crippen LogP contribution is -2.01. The van der Waals surface area contributed by atoms with E-state index in [2.05, 4.69) is 70.0 Å². The summed E-state index contributed by atoms with van der Waals surface area (Å²) in [6, 6.07) is 12.5. The number of benzene rings is 2. The summed E-state index contributed by atoms with van der Waals surface area (Å²) in [7, 11) is 1.99. The zero-order valence-electron chi connectivity index (χ0n) is 13.4. The molecule has 0 N–H and O–H groups in total. The van der Waals surface area contributed by atoms with Crippen molar-refractivity contribution in [2.75, 3.05) is 0 Å². The smallest absolute Gasteiger partial charge is 0.168 e. The molecule has 23 heavy (non-hydrogen) atoms. The second-order valence-corrected chi connectivity index (χ2v) is 5.82. The van der Waals surface area contributed by atoms with Gasteiger partial charge >= 0.3 is 0 Å². The van der Waals surface area contributed by atoms with Gasteiger partial charge in [-0.3, -0.25) is 4.57 Å². The number of hydrogen-bond acceptors (Lipinski definition) is 3. The zero-order valence-corrected chi connectivity index (χ0v) is 13.4. The highest BCUT2D eigenvalue weighted by Crippen LogP contribution is 2.27. The predicted octanol–water partition coefficient (Wildman–Crippen LogP) is 3.44. The van der Waals surface area contributed by atoms with Crippen LogP contribution in [-0.4, -0.2) is 24.3 Å². The van der Waals surface area contributed by atoms with Crippen molar-refractivity contribution in [2.45, 2.75) is 13.8 Å². The van der Waals surface area contributed by atoms with Crippen molar-refractivity contribution in [2.24, 2.45) is 7.05 Å². The molecule has 114 valence electrons. The molecule has 0 aliphatic rings. The van der Waals surface area contributed by atoms with Gasteiger partial charge in [-0.2, -0.15) is 0 Å². The summed E-state index contributed by atoms with van der Waals surface area (Å²) in [5.41, 5.74) is 6.60. The lowest BCUT2D eigenvalue weighted by Gasteiger charge is -2.12. The molecule has 0 radical (unpaired) electrons. The number of aromatic nitrogens is 5. The number of rotatable bonds is 2. The molecule has 0 saturated carbocycles. The van der Waals surface area contributed by atoms with Crippen molar-refractivity contribution < 1.29 is 0 Å². The Morgan fingerprint density at radius 3 is 2.52 bits per heavy atom. The number of nitrogens with zero attached hydrogens (tertiary/aromatic N) is 5. The zero-order chi connectivity index (χ0) is 16.0. The van der Waals surface area contributed by atoms with Crippen LogP contribution < -0.4 is 0 Å². The average molecular weight is 303 g/mol. The highest BCUT2D eigenvalue weighted by Gasteiger charge is 2.13. The molecule has 2 aromatic heterocycles. The molecule has 0 saturated heterocycles. The topological polar surface area (TPSA) is 48.5 Å². The summed E-state index contributed by atoms with van der Waals surface area (Å²) >= 11 is 0. The summed E-state index contributed by atoms with van der Waals surface area (Å²) < 4.78 is 4.06. The molecule has 0 amide bonds. The molecular weight excluding hydrogens is 286 g/mol. The van der Waals surface area contributed by atoms with E-state index < -0.39 is 0 Å². The highest BCUT2D eigenvalue weighted by molar-refractivity contribution is 5.81. The molecule has 0 aliphatic heterocycles. The van der Waals surface area contributed by atoms with E-state index in [9.17, 15) is 0 Å². The minimum absolute atomic E-state index is 0.829. The van der Waals surface area contributed by atoms with Gasteiger partial charge in [0.25, 0.3) is 0 Å². The van der Waals surface area contributed by atoms with Crippen LogP contribution in [0.15, 0.2) is 49.1 Å². The lowest BCUT2D eigenvalue weighted by molar-refractivity contribution is 0.947. The Labute approximate surface area is 134 Å². The Morgan fingerprint density at radius 2 is 1.74 bits per heavy atom. The van der Waals surface area contributed by atoms with Gasteiger partial charge in [-0.15, -0.1) is 10.2 Å². The van der Waals surface area contributed by atoms with Crippen LogP contribution in [0.25, 0.3) is 28.1 Å². The van der Waals surface area contributed by atoms with Gasteiger partial charge in [0.1, 0.15) is 6.33 Å². The van der Waals surface area contributed by atoms with E-state index >= 15 is 0 Å². The molecule has 5 nitrogen and oxygen atoms in total. The molecule has 4 rings (SSSR count). The Hall–Kier alpha value is -2.95. The third-order valence-electron chi connectivity index (χ3n) is 4.21. The summed E-state index contributed by atoms with van der Waals surface area (Å²) in [6.45, 7) is 4.21. The Balaban J connectivity index is 1.92. The van der Waals surface area contributed by atoms with E-state index in [1.54, 1.807) is 6.33 Å². The van der Waals surface area contributed by atoms with Crippen LogP contribution in [0.1, 0.15) is 11.1 Å². The first kappa shape index (κ1) is 13.7. The molecule has 2 aromatic carbocycles. The maximum atomic E-state index is 4.43. The molecule has 0 spiro atoms. The normalized spacial score (nSPS) is 11.3. The number of imidazole rings is 1. The number of para-hydroxylation sites is 1. The van der Waals surface area contributed by atoms with Crippen LogP contribution in [0.2, 0.25) is 0 Å². The monoisotopic (exact) mass is 303 g/mol. The molecule has 0 aliphatic carbocycles. The minimum Gasteiger partial charge on any atom is -0.334 e. The van der Waals surface area contributed by atoms with E-state index in [1.165, 1.54) is 11.1 Å². The Morgan fingerprint density at radius 1 is 0.957 bits per heavy atom. The first-order valence-corrected chi connectivity index (χ1v) is 7.53. The molecule has 0 fully saturated rings. The van der Waals surface area contributed by atoms with Crippen molar-refractivity contribution in [1.82, 2.24) is 24.3 Å². The molecule has 0 unspecified atom stereocenters. The second kappa shape index (κ2) is 5.05. The van der Waals surface area contributed by atoms with Gasteiger partial charge in [0, 0.05) is 12.6 Å². The molecule has 0 atom stereocenters. The van der Waals surface area contributed by atoms with Crippen LogP contribution in [-0.2, 0) is 7.05 Å². The van der Waals surface area contributed by atoms with Crippen LogP contribution in [0, 0.1) is 13.8 Å². The summed E-state index contributed by atoms with van der Waals surface area (Å²) in [5, 5.41) is 8.47. The standard InChI is InChI=1S/C18H17N5/c1-12-5-4-6-13(2)17(12)23-11-20-21-18(23)14-7-8-16-15(9-14)19-10-22(16)3/h4-11H,1-3H3. The number of fused-ring (bicyclic) bond motifs is 1. The third kappa shape index (κ3) is 2.12. The summed E-state index contributed by atoms with van der Waals surface area (Å²) in [6.07, 6.45) is 3.60. The summed E-state index contributed by atoms with van der Waals surface area (Å²) in [5.74, 6) is 0.829. The maximum Gasteiger partial charge on any atom is 0.168 e. The molecular formula is C18H17N5. The van der Waals surface area contributed by atoms with Gasteiger partial charge in [0.2, 0.25) is 0 Å². The molecule has 0 bridgehead atoms. The minimum atomic E-state index is 0.829. The van der Waals surface area contributed by atoms with Crippen molar-refractivity contribution in [1.29, 1.82) is 0 Å². The SMILES string of the molecule is Cc1cccc(C)c1-n1cnnc1-c1ccc2c(c1)ncn2C. The summed E-state index contributed by atoms with van der Waals surface area (Å²) in [4.78, 5) is 4.43. The van der Waals surface area contributed by atoms with Crippen LogP contribution in [0.3, 0.4) is 0 Å². The van der Waals surface area contributed by atoms with E-state index in [0.717, 1.165) is 28.1 Å². The fourth-order valence-corrected chi connectivity index (χ4v) is 3.06. The third-order valence-corrected chi connectivity index (χ3v) is 4.21. The van der Waals surface area contributed by atoms with E-state index in [4.69, 9.17) is 0 Å². The molecule has 2 heterocycles. The van der Waals surface area contributed by atoms with Crippen LogP contribution >= 0.6 is 0 Å². The van der Waals surface area contributed by atoms with Gasteiger partial charge in [-0.25, -0.2) is 4.98 Å². The quantitative estimate of drug-likeness (QED) is 0.570. The molecule has 5 heteroatoms. The van der Waals surface area contributed by atoms with Gasteiger partial charge < -0.3 is 4.57 Å². The second-order valence-electron chi connectivity index (χ2n) is 5.82. The highest BCUT2D eigenvalue weighted by atomic mass is 15.3. The van der Waals surface area contributed by atoms with E-state index in [0.29, 0.717) is 0 Å². The van der Waals surface area contributed by atoms with Crippen LogP contribution in [0.5, 0.6) is 0 Å². The fraction of sp³-hybridized carbons (Fsp3) is 0.167. The van der Waals surface area contributed by atoms with E-state index in [1.807, 2.05) is 17.9 Å². The fourth-order valence-electron chi connectivity index (χ4n) is 3.06. The Bertz CT molecular complexity index is 989. The molecule has 4 aromatic rings. The van der Waals surface area contributed by atoms with Gasteiger partial charge in [0.15, 0.2) is 5.82 Å². The lowest BCUT2D eigenvalue weighted by atomic mass is 10.1. The van der Waals surface area contributed by atoms with Crippen molar-refractivity contribution in [3.05, 3.63) is 60.2 Å². The largest absolute Gasteiger partial charge is 0.334 e. The van der Waals surface area contributed by atoms with E-state index in [-0.39, 0.29) is 0 Å². The average Bonchev–Trinajstić information content (AvgIpc) is 3.14. The van der Waals surface area contributed by atoms with Gasteiger partial charge in [-0.05, 0) is 43.2 Å². The first-order chi connectivity index (χ1) is 11.1.